The van der Waals surface area contributed by atoms with Crippen LogP contribution >= 0.6 is 0 Å². The Labute approximate surface area is 142 Å². The Morgan fingerprint density at radius 3 is 1.86 bits per heavy atom. The number of hydrogen-bond acceptors (Lipinski definition) is 0. The van der Waals surface area contributed by atoms with Crippen LogP contribution in [-0.2, 0) is 0 Å². The van der Waals surface area contributed by atoms with Crippen molar-refractivity contribution in [3.8, 4) is 0 Å². The standard InChI is InChI=1S/C22H45/c1-9-11-14-20(10-2)17-22(7,8)16-13-12-15-21(18(3)4)19(5)6/h17-21H,9-16H2,1-8H3. The minimum Gasteiger partial charge on any atom is -0.0654 e. The second-order valence-corrected chi connectivity index (χ2v) is 8.86. The van der Waals surface area contributed by atoms with Crippen molar-refractivity contribution in [2.75, 3.05) is 0 Å². The first-order valence-corrected chi connectivity index (χ1v) is 10.1. The van der Waals surface area contributed by atoms with Crippen molar-refractivity contribution < 1.29 is 0 Å². The Balaban J connectivity index is 4.10. The highest BCUT2D eigenvalue weighted by Gasteiger charge is 2.23. The molecule has 22 heavy (non-hydrogen) atoms. The van der Waals surface area contributed by atoms with Crippen LogP contribution in [0.2, 0.25) is 0 Å². The molecule has 133 valence electrons. The van der Waals surface area contributed by atoms with Crippen LogP contribution in [0.3, 0.4) is 0 Å². The molecule has 1 atom stereocenters. The molecule has 0 aromatic heterocycles. The van der Waals surface area contributed by atoms with Gasteiger partial charge in [0.05, 0.1) is 0 Å². The van der Waals surface area contributed by atoms with Crippen LogP contribution in [0, 0.1) is 35.5 Å². The summed E-state index contributed by atoms with van der Waals surface area (Å²) in [7, 11) is 0. The lowest BCUT2D eigenvalue weighted by atomic mass is 9.75. The van der Waals surface area contributed by atoms with E-state index in [0.717, 1.165) is 23.7 Å². The van der Waals surface area contributed by atoms with E-state index in [0.29, 0.717) is 5.41 Å². The second-order valence-electron chi connectivity index (χ2n) is 8.86. The summed E-state index contributed by atoms with van der Waals surface area (Å²) >= 11 is 0. The zero-order valence-corrected chi connectivity index (χ0v) is 17.0. The van der Waals surface area contributed by atoms with E-state index in [9.17, 15) is 0 Å². The van der Waals surface area contributed by atoms with E-state index in [1.54, 1.807) is 0 Å². The van der Waals surface area contributed by atoms with Gasteiger partial charge in [-0.25, -0.2) is 0 Å². The topological polar surface area (TPSA) is 0 Å². The SMILES string of the molecule is CCCCC([CH]C(C)(C)CCCCC(C(C)C)C(C)C)CC. The van der Waals surface area contributed by atoms with Gasteiger partial charge >= 0.3 is 0 Å². The van der Waals surface area contributed by atoms with Crippen LogP contribution in [0.1, 0.15) is 107 Å². The maximum Gasteiger partial charge on any atom is -0.0298 e. The van der Waals surface area contributed by atoms with Crippen molar-refractivity contribution in [3.05, 3.63) is 6.42 Å². The first kappa shape index (κ1) is 22.0. The van der Waals surface area contributed by atoms with Gasteiger partial charge in [0.2, 0.25) is 0 Å². The second kappa shape index (κ2) is 11.5. The van der Waals surface area contributed by atoms with Crippen molar-refractivity contribution in [2.45, 2.75) is 107 Å². The van der Waals surface area contributed by atoms with E-state index in [-0.39, 0.29) is 0 Å². The average Bonchev–Trinajstić information content (AvgIpc) is 2.42. The summed E-state index contributed by atoms with van der Waals surface area (Å²) in [5.41, 5.74) is 0.416. The van der Waals surface area contributed by atoms with Crippen molar-refractivity contribution in [3.63, 3.8) is 0 Å². The first-order valence-electron chi connectivity index (χ1n) is 10.1. The van der Waals surface area contributed by atoms with Crippen molar-refractivity contribution >= 4 is 0 Å². The smallest absolute Gasteiger partial charge is 0.0298 e. The summed E-state index contributed by atoms with van der Waals surface area (Å²) in [6.45, 7) is 19.1. The predicted octanol–water partition coefficient (Wildman–Crippen LogP) is 7.92. The molecule has 0 fully saturated rings. The Morgan fingerprint density at radius 2 is 1.41 bits per heavy atom. The van der Waals surface area contributed by atoms with Gasteiger partial charge in [-0.3, -0.25) is 0 Å². The quantitative estimate of drug-likeness (QED) is 0.303. The highest BCUT2D eigenvalue weighted by Crippen LogP contribution is 2.34. The molecule has 0 saturated carbocycles. The number of unbranched alkanes of at least 4 members (excludes halogenated alkanes) is 2. The van der Waals surface area contributed by atoms with Gasteiger partial charge in [-0.05, 0) is 48.3 Å². The maximum atomic E-state index is 2.67. The molecule has 0 aliphatic heterocycles. The van der Waals surface area contributed by atoms with Gasteiger partial charge in [0, 0.05) is 0 Å². The molecule has 0 bridgehead atoms. The Morgan fingerprint density at radius 1 is 0.818 bits per heavy atom. The van der Waals surface area contributed by atoms with Crippen LogP contribution < -0.4 is 0 Å². The van der Waals surface area contributed by atoms with Gasteiger partial charge < -0.3 is 0 Å². The summed E-state index contributed by atoms with van der Waals surface area (Å²) < 4.78 is 0. The van der Waals surface area contributed by atoms with Gasteiger partial charge in [0.1, 0.15) is 0 Å². The first-order chi connectivity index (χ1) is 10.2. The third-order valence-electron chi connectivity index (χ3n) is 5.46. The van der Waals surface area contributed by atoms with Crippen LogP contribution in [0.5, 0.6) is 0 Å². The van der Waals surface area contributed by atoms with E-state index < -0.39 is 0 Å². The number of hydrogen-bond donors (Lipinski definition) is 0. The molecule has 0 N–H and O–H groups in total. The summed E-state index contributed by atoms with van der Waals surface area (Å²) in [5.74, 6) is 3.39. The van der Waals surface area contributed by atoms with Crippen molar-refractivity contribution in [1.29, 1.82) is 0 Å². The third kappa shape index (κ3) is 9.90. The molecule has 0 heterocycles. The van der Waals surface area contributed by atoms with Gasteiger partial charge in [-0.15, -0.1) is 0 Å². The van der Waals surface area contributed by atoms with Crippen LogP contribution in [-0.4, -0.2) is 0 Å². The molecular weight excluding hydrogens is 264 g/mol. The van der Waals surface area contributed by atoms with Crippen LogP contribution in [0.25, 0.3) is 0 Å². The van der Waals surface area contributed by atoms with E-state index in [1.165, 1.54) is 51.4 Å². The van der Waals surface area contributed by atoms with Gasteiger partial charge in [0.25, 0.3) is 0 Å². The molecule has 0 aromatic rings. The Bertz CT molecular complexity index is 241. The molecule has 0 saturated heterocycles. The fraction of sp³-hybridized carbons (Fsp3) is 0.955. The minimum atomic E-state index is 0.416. The Hall–Kier alpha value is 0. The highest BCUT2D eigenvalue weighted by molar-refractivity contribution is 4.90. The monoisotopic (exact) mass is 309 g/mol. The summed E-state index contributed by atoms with van der Waals surface area (Å²) in [6, 6.07) is 0. The summed E-state index contributed by atoms with van der Waals surface area (Å²) in [6.07, 6.45) is 13.7. The fourth-order valence-electron chi connectivity index (χ4n) is 3.99. The van der Waals surface area contributed by atoms with Crippen LogP contribution in [0.15, 0.2) is 0 Å². The van der Waals surface area contributed by atoms with E-state index in [4.69, 9.17) is 0 Å². The molecule has 0 heteroatoms. The molecule has 0 nitrogen and oxygen atoms in total. The molecule has 1 radical (unpaired) electrons. The highest BCUT2D eigenvalue weighted by atomic mass is 14.3. The molecule has 0 amide bonds. The average molecular weight is 310 g/mol. The predicted molar refractivity (Wildman–Crippen MR) is 103 cm³/mol. The van der Waals surface area contributed by atoms with Crippen molar-refractivity contribution in [2.24, 2.45) is 29.1 Å². The Kier molecular flexibility index (Phi) is 11.5. The number of rotatable bonds is 13. The van der Waals surface area contributed by atoms with E-state index in [1.807, 2.05) is 0 Å². The van der Waals surface area contributed by atoms with Crippen LogP contribution in [0.4, 0.5) is 0 Å². The fourth-order valence-corrected chi connectivity index (χ4v) is 3.99. The lowest BCUT2D eigenvalue weighted by molar-refractivity contribution is 0.252. The largest absolute Gasteiger partial charge is 0.0654 e. The van der Waals surface area contributed by atoms with E-state index >= 15 is 0 Å². The lowest BCUT2D eigenvalue weighted by Gasteiger charge is -2.30. The zero-order valence-electron chi connectivity index (χ0n) is 17.0. The molecule has 1 unspecified atom stereocenters. The molecule has 0 aliphatic carbocycles. The minimum absolute atomic E-state index is 0.416. The van der Waals surface area contributed by atoms with Gasteiger partial charge in [-0.1, -0.05) is 93.9 Å². The maximum absolute atomic E-state index is 2.67. The molecule has 0 spiro atoms. The molecule has 0 aliphatic rings. The normalized spacial score (nSPS) is 14.3. The molecule has 0 rings (SSSR count). The van der Waals surface area contributed by atoms with Gasteiger partial charge in [0.15, 0.2) is 0 Å². The van der Waals surface area contributed by atoms with E-state index in [2.05, 4.69) is 61.8 Å². The summed E-state index contributed by atoms with van der Waals surface area (Å²) in [4.78, 5) is 0. The zero-order chi connectivity index (χ0) is 17.2. The molecular formula is C22H45. The van der Waals surface area contributed by atoms with Crippen molar-refractivity contribution in [1.82, 2.24) is 0 Å². The lowest BCUT2D eigenvalue weighted by Crippen LogP contribution is -2.19. The third-order valence-corrected chi connectivity index (χ3v) is 5.46. The van der Waals surface area contributed by atoms with Gasteiger partial charge in [-0.2, -0.15) is 0 Å². The molecule has 0 aromatic carbocycles. The summed E-state index contributed by atoms with van der Waals surface area (Å²) in [5, 5.41) is 0.